The zero-order valence-electron chi connectivity index (χ0n) is 17.8. The zero-order valence-corrected chi connectivity index (χ0v) is 19.4. The highest BCUT2D eigenvalue weighted by Gasteiger charge is 2.30. The first-order valence-electron chi connectivity index (χ1n) is 10.7. The van der Waals surface area contributed by atoms with Crippen LogP contribution in [0.25, 0.3) is 10.2 Å². The lowest BCUT2D eigenvalue weighted by atomic mass is 10.2. The molecule has 34 heavy (non-hydrogen) atoms. The van der Waals surface area contributed by atoms with Crippen LogP contribution in [0.5, 0.6) is 0 Å². The van der Waals surface area contributed by atoms with Crippen molar-refractivity contribution in [2.45, 2.75) is 34.9 Å². The predicted octanol–water partition coefficient (Wildman–Crippen LogP) is 6.71. The highest BCUT2D eigenvalue weighted by atomic mass is 32.2. The molecule has 5 rings (SSSR count). The maximum absolute atomic E-state index is 13.0. The number of hydrogen-bond acceptors (Lipinski definition) is 6. The molecular formula is C25H19F3N4S2. The third-order valence-electron chi connectivity index (χ3n) is 5.26. The quantitative estimate of drug-likeness (QED) is 0.308. The summed E-state index contributed by atoms with van der Waals surface area (Å²) < 4.78 is 39.8. The second kappa shape index (κ2) is 9.66. The Bertz CT molecular complexity index is 1360. The molecule has 9 heteroatoms. The number of benzene rings is 2. The van der Waals surface area contributed by atoms with Gasteiger partial charge in [0.05, 0.1) is 26.7 Å². The van der Waals surface area contributed by atoms with Crippen LogP contribution in [-0.2, 0) is 6.18 Å². The molecule has 2 aromatic heterocycles. The van der Waals surface area contributed by atoms with E-state index in [1.807, 2.05) is 30.3 Å². The number of fused-ring (bicyclic) bond motifs is 1. The Kier molecular flexibility index (Phi) is 6.46. The summed E-state index contributed by atoms with van der Waals surface area (Å²) in [5.74, 6) is 7.22. The van der Waals surface area contributed by atoms with Crippen molar-refractivity contribution < 1.29 is 13.2 Å². The molecule has 1 aliphatic heterocycles. The Morgan fingerprint density at radius 2 is 1.91 bits per heavy atom. The van der Waals surface area contributed by atoms with Crippen molar-refractivity contribution in [2.24, 2.45) is 0 Å². The standard InChI is InChI=1S/C25H19F3N4S2/c26-25(27,28)16-3-1-5-20(13-16)33-19-9-7-18(8-10-19)32-24-23-22(30-15-31-24)14-21(34-23)11-6-17-4-2-12-29-17/h1,3,5,7-10,13-15,17,29H,2,4,12H2,(H,30,31,32)/t17-/m1/s1. The van der Waals surface area contributed by atoms with E-state index in [1.165, 1.54) is 24.2 Å². The van der Waals surface area contributed by atoms with Crippen molar-refractivity contribution >= 4 is 44.8 Å². The van der Waals surface area contributed by atoms with Gasteiger partial charge in [-0.15, -0.1) is 11.3 Å². The summed E-state index contributed by atoms with van der Waals surface area (Å²) in [6.45, 7) is 1.02. The molecule has 0 saturated carbocycles. The monoisotopic (exact) mass is 496 g/mol. The molecule has 172 valence electrons. The van der Waals surface area contributed by atoms with Gasteiger partial charge in [0.15, 0.2) is 5.82 Å². The normalized spacial score (nSPS) is 15.8. The molecule has 1 aliphatic rings. The minimum Gasteiger partial charge on any atom is -0.339 e. The maximum atomic E-state index is 13.0. The molecule has 3 heterocycles. The second-order valence-electron chi connectivity index (χ2n) is 7.74. The molecular weight excluding hydrogens is 477 g/mol. The first kappa shape index (κ1) is 22.7. The van der Waals surface area contributed by atoms with Gasteiger partial charge in [0.2, 0.25) is 0 Å². The molecule has 2 aromatic carbocycles. The topological polar surface area (TPSA) is 49.8 Å². The number of alkyl halides is 3. The van der Waals surface area contributed by atoms with Crippen molar-refractivity contribution in [1.29, 1.82) is 0 Å². The van der Waals surface area contributed by atoms with E-state index >= 15 is 0 Å². The number of nitrogens with one attached hydrogen (secondary N) is 2. The van der Waals surface area contributed by atoms with E-state index in [2.05, 4.69) is 32.4 Å². The summed E-state index contributed by atoms with van der Waals surface area (Å²) in [5, 5.41) is 6.69. The number of halogens is 3. The number of aromatic nitrogens is 2. The van der Waals surface area contributed by atoms with E-state index in [4.69, 9.17) is 0 Å². The van der Waals surface area contributed by atoms with Gasteiger partial charge in [0.25, 0.3) is 0 Å². The number of nitrogens with zero attached hydrogens (tertiary/aromatic N) is 2. The zero-order chi connectivity index (χ0) is 23.5. The Labute approximate surface area is 203 Å². The largest absolute Gasteiger partial charge is 0.416 e. The van der Waals surface area contributed by atoms with Crippen LogP contribution in [0.4, 0.5) is 24.7 Å². The minimum absolute atomic E-state index is 0.251. The molecule has 0 bridgehead atoms. The molecule has 1 atom stereocenters. The predicted molar refractivity (Wildman–Crippen MR) is 131 cm³/mol. The summed E-state index contributed by atoms with van der Waals surface area (Å²) in [5.41, 5.74) is 1.01. The molecule has 0 unspecified atom stereocenters. The smallest absolute Gasteiger partial charge is 0.339 e. The summed E-state index contributed by atoms with van der Waals surface area (Å²) >= 11 is 2.83. The van der Waals surface area contributed by atoms with Crippen LogP contribution in [0.1, 0.15) is 23.3 Å². The SMILES string of the molecule is FC(F)(F)c1cccc(Sc2ccc(Nc3ncnc4cc(C#C[C@H]5CCCN5)sc34)cc2)c1. The van der Waals surface area contributed by atoms with Gasteiger partial charge in [-0.05, 0) is 67.9 Å². The van der Waals surface area contributed by atoms with E-state index in [9.17, 15) is 13.2 Å². The van der Waals surface area contributed by atoms with Crippen molar-refractivity contribution in [3.8, 4) is 11.8 Å². The van der Waals surface area contributed by atoms with E-state index in [0.717, 1.165) is 57.2 Å². The molecule has 0 amide bonds. The number of rotatable bonds is 4. The lowest BCUT2D eigenvalue weighted by molar-refractivity contribution is -0.137. The Morgan fingerprint density at radius 3 is 2.68 bits per heavy atom. The summed E-state index contributed by atoms with van der Waals surface area (Å²) in [4.78, 5) is 11.1. The van der Waals surface area contributed by atoms with Crippen LogP contribution in [0.2, 0.25) is 0 Å². The first-order chi connectivity index (χ1) is 16.4. The Morgan fingerprint density at radius 1 is 1.06 bits per heavy atom. The van der Waals surface area contributed by atoms with Gasteiger partial charge in [-0.2, -0.15) is 13.2 Å². The summed E-state index contributed by atoms with van der Waals surface area (Å²) in [6, 6.07) is 15.0. The third kappa shape index (κ3) is 5.36. The van der Waals surface area contributed by atoms with Gasteiger partial charge in [0, 0.05) is 15.5 Å². The van der Waals surface area contributed by atoms with Crippen LogP contribution in [0.15, 0.2) is 70.7 Å². The fraction of sp³-hybridized carbons (Fsp3) is 0.200. The van der Waals surface area contributed by atoms with Crippen LogP contribution in [-0.4, -0.2) is 22.6 Å². The maximum Gasteiger partial charge on any atom is 0.416 e. The van der Waals surface area contributed by atoms with Gasteiger partial charge in [-0.25, -0.2) is 9.97 Å². The van der Waals surface area contributed by atoms with Gasteiger partial charge < -0.3 is 10.6 Å². The summed E-state index contributed by atoms with van der Waals surface area (Å²) in [6.07, 6.45) is -0.603. The lowest BCUT2D eigenvalue weighted by Crippen LogP contribution is -2.18. The molecule has 1 saturated heterocycles. The number of anilines is 2. The highest BCUT2D eigenvalue weighted by Crippen LogP contribution is 2.35. The van der Waals surface area contributed by atoms with Crippen LogP contribution in [0, 0.1) is 11.8 Å². The first-order valence-corrected chi connectivity index (χ1v) is 12.3. The average molecular weight is 497 g/mol. The highest BCUT2D eigenvalue weighted by molar-refractivity contribution is 7.99. The van der Waals surface area contributed by atoms with Gasteiger partial charge in [0.1, 0.15) is 6.33 Å². The molecule has 4 nitrogen and oxygen atoms in total. The minimum atomic E-state index is -4.35. The Balaban J connectivity index is 1.30. The van der Waals surface area contributed by atoms with Crippen LogP contribution >= 0.6 is 23.1 Å². The van der Waals surface area contributed by atoms with Gasteiger partial charge in [-0.1, -0.05) is 29.7 Å². The lowest BCUT2D eigenvalue weighted by Gasteiger charge is -2.09. The van der Waals surface area contributed by atoms with Crippen molar-refractivity contribution in [2.75, 3.05) is 11.9 Å². The average Bonchev–Trinajstić information content (AvgIpc) is 3.49. The third-order valence-corrected chi connectivity index (χ3v) is 7.30. The summed E-state index contributed by atoms with van der Waals surface area (Å²) in [7, 11) is 0. The Hall–Kier alpha value is -3.06. The van der Waals surface area contributed by atoms with E-state index < -0.39 is 11.7 Å². The second-order valence-corrected chi connectivity index (χ2v) is 9.94. The van der Waals surface area contributed by atoms with E-state index in [-0.39, 0.29) is 6.04 Å². The van der Waals surface area contributed by atoms with Gasteiger partial charge in [-0.3, -0.25) is 0 Å². The van der Waals surface area contributed by atoms with E-state index in [0.29, 0.717) is 10.7 Å². The van der Waals surface area contributed by atoms with E-state index in [1.54, 1.807) is 17.4 Å². The number of hydrogen-bond donors (Lipinski definition) is 2. The van der Waals surface area contributed by atoms with Crippen LogP contribution in [0.3, 0.4) is 0 Å². The number of thiophene rings is 1. The van der Waals surface area contributed by atoms with Crippen LogP contribution < -0.4 is 10.6 Å². The molecule has 2 N–H and O–H groups in total. The molecule has 0 aliphatic carbocycles. The van der Waals surface area contributed by atoms with Crippen molar-refractivity contribution in [3.63, 3.8) is 0 Å². The van der Waals surface area contributed by atoms with Crippen molar-refractivity contribution in [3.05, 3.63) is 71.4 Å². The fourth-order valence-corrected chi connectivity index (χ4v) is 5.38. The van der Waals surface area contributed by atoms with Gasteiger partial charge >= 0.3 is 6.18 Å². The molecule has 4 aromatic rings. The molecule has 0 radical (unpaired) electrons. The molecule has 0 spiro atoms. The fourth-order valence-electron chi connectivity index (χ4n) is 3.59. The van der Waals surface area contributed by atoms with Crippen molar-refractivity contribution in [1.82, 2.24) is 15.3 Å². The molecule has 1 fully saturated rings.